The van der Waals surface area contributed by atoms with Gasteiger partial charge in [0, 0.05) is 5.41 Å². The fourth-order valence-corrected chi connectivity index (χ4v) is 1.41. The molecule has 1 aromatic heterocycles. The summed E-state index contributed by atoms with van der Waals surface area (Å²) < 4.78 is 0. The van der Waals surface area contributed by atoms with Crippen LogP contribution in [0.2, 0.25) is 0 Å². The Kier molecular flexibility index (Phi) is 1.87. The number of amides is 1. The number of hydrogen-bond donors (Lipinski definition) is 2. The van der Waals surface area contributed by atoms with Crippen molar-refractivity contribution in [3.05, 3.63) is 11.4 Å². The third-order valence-corrected chi connectivity index (χ3v) is 2.91. The molecule has 4 nitrogen and oxygen atoms in total. The predicted octanol–water partition coefficient (Wildman–Crippen LogP) is 1.77. The Morgan fingerprint density at radius 2 is 2.14 bits per heavy atom. The van der Waals surface area contributed by atoms with Gasteiger partial charge in [0.05, 0.1) is 17.1 Å². The molecule has 4 heteroatoms. The monoisotopic (exact) mass is 193 g/mol. The van der Waals surface area contributed by atoms with Crippen molar-refractivity contribution >= 4 is 11.6 Å². The predicted molar refractivity (Wildman–Crippen MR) is 54.0 cm³/mol. The number of nitrogens with one attached hydrogen (secondary N) is 2. The molecule has 0 aromatic carbocycles. The van der Waals surface area contributed by atoms with Crippen molar-refractivity contribution in [2.24, 2.45) is 5.41 Å². The summed E-state index contributed by atoms with van der Waals surface area (Å²) >= 11 is 0. The van der Waals surface area contributed by atoms with Crippen molar-refractivity contribution < 1.29 is 4.79 Å². The van der Waals surface area contributed by atoms with Gasteiger partial charge in [-0.2, -0.15) is 5.10 Å². The Morgan fingerprint density at radius 3 is 2.57 bits per heavy atom. The van der Waals surface area contributed by atoms with Gasteiger partial charge in [-0.05, 0) is 26.7 Å². The van der Waals surface area contributed by atoms with E-state index in [4.69, 9.17) is 0 Å². The maximum Gasteiger partial charge on any atom is 0.230 e. The molecule has 0 atom stereocenters. The number of rotatable bonds is 2. The van der Waals surface area contributed by atoms with Crippen LogP contribution in [-0.4, -0.2) is 16.1 Å². The van der Waals surface area contributed by atoms with Gasteiger partial charge >= 0.3 is 0 Å². The Morgan fingerprint density at radius 1 is 1.50 bits per heavy atom. The van der Waals surface area contributed by atoms with Gasteiger partial charge in [-0.15, -0.1) is 0 Å². The first-order chi connectivity index (χ1) is 6.53. The van der Waals surface area contributed by atoms with E-state index < -0.39 is 0 Å². The normalized spacial score (nSPS) is 17.9. The van der Waals surface area contributed by atoms with Crippen molar-refractivity contribution in [3.8, 4) is 0 Å². The molecule has 2 N–H and O–H groups in total. The van der Waals surface area contributed by atoms with Gasteiger partial charge < -0.3 is 5.32 Å². The van der Waals surface area contributed by atoms with Gasteiger partial charge in [-0.3, -0.25) is 9.89 Å². The highest BCUT2D eigenvalue weighted by Crippen LogP contribution is 2.45. The molecule has 1 saturated carbocycles. The largest absolute Gasteiger partial charge is 0.323 e. The molecule has 0 spiro atoms. The number of hydrogen-bond acceptors (Lipinski definition) is 2. The van der Waals surface area contributed by atoms with E-state index in [-0.39, 0.29) is 11.3 Å². The zero-order valence-electron chi connectivity index (χ0n) is 8.77. The summed E-state index contributed by atoms with van der Waals surface area (Å²) in [6, 6.07) is 0. The summed E-state index contributed by atoms with van der Waals surface area (Å²) in [6.45, 7) is 5.78. The maximum absolute atomic E-state index is 11.7. The number of carbonyl (C=O) groups is 1. The Hall–Kier alpha value is -1.32. The number of H-pyrrole nitrogens is 1. The second-order valence-electron chi connectivity index (χ2n) is 4.32. The standard InChI is InChI=1S/C10H15N3O/c1-6-8(7(2)13-12-6)11-9(14)10(3)4-5-10/h4-5H2,1-3H3,(H,11,14)(H,12,13). The van der Waals surface area contributed by atoms with E-state index in [2.05, 4.69) is 15.5 Å². The van der Waals surface area contributed by atoms with Crippen molar-refractivity contribution in [1.82, 2.24) is 10.2 Å². The second-order valence-corrected chi connectivity index (χ2v) is 4.32. The van der Waals surface area contributed by atoms with Crippen LogP contribution in [0, 0.1) is 19.3 Å². The van der Waals surface area contributed by atoms with Crippen LogP contribution in [0.5, 0.6) is 0 Å². The third-order valence-electron chi connectivity index (χ3n) is 2.91. The highest BCUT2D eigenvalue weighted by Gasteiger charge is 2.45. The highest BCUT2D eigenvalue weighted by atomic mass is 16.2. The molecule has 0 aliphatic heterocycles. The van der Waals surface area contributed by atoms with Crippen molar-refractivity contribution in [3.63, 3.8) is 0 Å². The minimum atomic E-state index is -0.129. The summed E-state index contributed by atoms with van der Waals surface area (Å²) in [4.78, 5) is 11.7. The lowest BCUT2D eigenvalue weighted by Crippen LogP contribution is -2.21. The summed E-state index contributed by atoms with van der Waals surface area (Å²) in [7, 11) is 0. The summed E-state index contributed by atoms with van der Waals surface area (Å²) in [5.74, 6) is 0.116. The lowest BCUT2D eigenvalue weighted by Gasteiger charge is -2.09. The highest BCUT2D eigenvalue weighted by molar-refractivity contribution is 5.97. The fourth-order valence-electron chi connectivity index (χ4n) is 1.41. The van der Waals surface area contributed by atoms with Crippen LogP contribution in [0.3, 0.4) is 0 Å². The summed E-state index contributed by atoms with van der Waals surface area (Å²) in [5.41, 5.74) is 2.47. The number of nitrogens with zero attached hydrogens (tertiary/aromatic N) is 1. The number of aromatic nitrogens is 2. The minimum Gasteiger partial charge on any atom is -0.323 e. The lowest BCUT2D eigenvalue weighted by atomic mass is 10.1. The molecule has 2 rings (SSSR count). The smallest absolute Gasteiger partial charge is 0.230 e. The molecule has 0 radical (unpaired) electrons. The van der Waals surface area contributed by atoms with E-state index in [1.807, 2.05) is 20.8 Å². The van der Waals surface area contributed by atoms with Crippen molar-refractivity contribution in [2.75, 3.05) is 5.32 Å². The first-order valence-corrected chi connectivity index (χ1v) is 4.86. The molecule has 1 fully saturated rings. The molecule has 1 aliphatic rings. The molecular weight excluding hydrogens is 178 g/mol. The molecule has 0 unspecified atom stereocenters. The van der Waals surface area contributed by atoms with Crippen LogP contribution >= 0.6 is 0 Å². The van der Waals surface area contributed by atoms with Crippen molar-refractivity contribution in [2.45, 2.75) is 33.6 Å². The quantitative estimate of drug-likeness (QED) is 0.752. The average Bonchev–Trinajstić information content (AvgIpc) is 2.82. The molecule has 1 amide bonds. The second kappa shape index (κ2) is 2.83. The fraction of sp³-hybridized carbons (Fsp3) is 0.600. The molecule has 1 aromatic rings. The summed E-state index contributed by atoms with van der Waals surface area (Å²) in [6.07, 6.45) is 1.99. The molecule has 0 saturated heterocycles. The topological polar surface area (TPSA) is 57.8 Å². The average molecular weight is 193 g/mol. The first kappa shape index (κ1) is 9.24. The molecule has 0 bridgehead atoms. The van der Waals surface area contributed by atoms with E-state index in [0.29, 0.717) is 0 Å². The van der Waals surface area contributed by atoms with Crippen LogP contribution in [0.4, 0.5) is 5.69 Å². The Balaban J connectivity index is 2.14. The van der Waals surface area contributed by atoms with E-state index in [1.54, 1.807) is 0 Å². The molecule has 1 aliphatic carbocycles. The zero-order valence-corrected chi connectivity index (χ0v) is 8.77. The van der Waals surface area contributed by atoms with E-state index in [9.17, 15) is 4.79 Å². The number of carbonyl (C=O) groups excluding carboxylic acids is 1. The van der Waals surface area contributed by atoms with Crippen LogP contribution in [0.15, 0.2) is 0 Å². The Bertz CT molecular complexity index is 357. The van der Waals surface area contributed by atoms with Crippen LogP contribution in [0.25, 0.3) is 0 Å². The van der Waals surface area contributed by atoms with Gasteiger partial charge in [0.15, 0.2) is 0 Å². The summed E-state index contributed by atoms with van der Waals surface area (Å²) in [5, 5.41) is 9.81. The zero-order chi connectivity index (χ0) is 10.3. The van der Waals surface area contributed by atoms with Gasteiger partial charge in [-0.1, -0.05) is 6.92 Å². The Labute approximate surface area is 83.1 Å². The van der Waals surface area contributed by atoms with Gasteiger partial charge in [-0.25, -0.2) is 0 Å². The van der Waals surface area contributed by atoms with Crippen LogP contribution in [-0.2, 0) is 4.79 Å². The molecule has 76 valence electrons. The van der Waals surface area contributed by atoms with Gasteiger partial charge in [0.25, 0.3) is 0 Å². The van der Waals surface area contributed by atoms with E-state index >= 15 is 0 Å². The van der Waals surface area contributed by atoms with E-state index in [1.165, 1.54) is 0 Å². The number of anilines is 1. The first-order valence-electron chi connectivity index (χ1n) is 4.86. The van der Waals surface area contributed by atoms with Gasteiger partial charge in [0.1, 0.15) is 0 Å². The lowest BCUT2D eigenvalue weighted by molar-refractivity contribution is -0.120. The van der Waals surface area contributed by atoms with Crippen LogP contribution in [0.1, 0.15) is 31.2 Å². The van der Waals surface area contributed by atoms with E-state index in [0.717, 1.165) is 29.9 Å². The van der Waals surface area contributed by atoms with Gasteiger partial charge in [0.2, 0.25) is 5.91 Å². The van der Waals surface area contributed by atoms with Crippen LogP contribution < -0.4 is 5.32 Å². The molecule has 14 heavy (non-hydrogen) atoms. The molecular formula is C10H15N3O. The third kappa shape index (κ3) is 1.41. The maximum atomic E-state index is 11.7. The molecule has 1 heterocycles. The SMILES string of the molecule is Cc1n[nH]c(C)c1NC(=O)C1(C)CC1. The van der Waals surface area contributed by atoms with Crippen molar-refractivity contribution in [1.29, 1.82) is 0 Å². The number of aromatic amines is 1. The number of aryl methyl sites for hydroxylation is 2. The minimum absolute atomic E-state index is 0.116.